The molecule has 2 aliphatic rings. The van der Waals surface area contributed by atoms with E-state index in [-0.39, 0.29) is 18.0 Å². The molecule has 0 bridgehead atoms. The minimum atomic E-state index is -4.51. The van der Waals surface area contributed by atoms with Gasteiger partial charge in [0.05, 0.1) is 12.1 Å². The molecule has 1 aliphatic carbocycles. The third-order valence-electron chi connectivity index (χ3n) is 6.36. The molecule has 1 saturated carbocycles. The van der Waals surface area contributed by atoms with Crippen molar-refractivity contribution < 1.29 is 22.8 Å². The molecule has 31 heavy (non-hydrogen) atoms. The molecule has 0 aromatic heterocycles. The van der Waals surface area contributed by atoms with Crippen molar-refractivity contribution in [3.8, 4) is 0 Å². The number of hydrogen-bond acceptors (Lipinski definition) is 3. The predicted molar refractivity (Wildman–Crippen MR) is 113 cm³/mol. The normalized spacial score (nSPS) is 20.3. The molecular formula is C23H32F3N3O2. The van der Waals surface area contributed by atoms with Gasteiger partial charge in [-0.2, -0.15) is 13.2 Å². The molecule has 1 N–H and O–H groups in total. The summed E-state index contributed by atoms with van der Waals surface area (Å²) in [6.07, 6.45) is 3.76. The first-order valence-corrected chi connectivity index (χ1v) is 11.3. The molecule has 2 fully saturated rings. The highest BCUT2D eigenvalue weighted by atomic mass is 19.4. The van der Waals surface area contributed by atoms with E-state index in [1.807, 2.05) is 0 Å². The molecule has 1 unspecified atom stereocenters. The quantitative estimate of drug-likeness (QED) is 0.697. The fraction of sp³-hybridized carbons (Fsp3) is 0.652. The van der Waals surface area contributed by atoms with Crippen LogP contribution in [0, 0.1) is 0 Å². The van der Waals surface area contributed by atoms with Crippen molar-refractivity contribution in [3.63, 3.8) is 0 Å². The van der Waals surface area contributed by atoms with E-state index in [4.69, 9.17) is 0 Å². The lowest BCUT2D eigenvalue weighted by Crippen LogP contribution is -2.47. The SMILES string of the molecule is CCCN(C1CCCCC1)C1CCN(C(=O)CNC(=O)c2cccc(C(F)(F)F)c2)C1. The zero-order chi connectivity index (χ0) is 22.4. The van der Waals surface area contributed by atoms with E-state index in [0.717, 1.165) is 31.5 Å². The summed E-state index contributed by atoms with van der Waals surface area (Å²) in [5, 5.41) is 2.48. The van der Waals surface area contributed by atoms with Gasteiger partial charge in [-0.25, -0.2) is 0 Å². The Bertz CT molecular complexity index is 763. The van der Waals surface area contributed by atoms with Crippen molar-refractivity contribution in [2.75, 3.05) is 26.2 Å². The summed E-state index contributed by atoms with van der Waals surface area (Å²) in [6, 6.07) is 5.16. The number of nitrogens with zero attached hydrogens (tertiary/aromatic N) is 2. The average Bonchev–Trinajstić information content (AvgIpc) is 3.25. The van der Waals surface area contributed by atoms with Gasteiger partial charge in [0, 0.05) is 30.7 Å². The number of alkyl halides is 3. The van der Waals surface area contributed by atoms with Crippen LogP contribution in [-0.2, 0) is 11.0 Å². The van der Waals surface area contributed by atoms with Crippen molar-refractivity contribution in [3.05, 3.63) is 35.4 Å². The number of amides is 2. The fourth-order valence-corrected chi connectivity index (χ4v) is 4.78. The molecule has 3 rings (SSSR count). The number of nitrogens with one attached hydrogen (secondary N) is 1. The van der Waals surface area contributed by atoms with Crippen LogP contribution in [0.1, 0.15) is 67.8 Å². The van der Waals surface area contributed by atoms with E-state index < -0.39 is 17.6 Å². The van der Waals surface area contributed by atoms with Gasteiger partial charge in [-0.05, 0) is 50.4 Å². The highest BCUT2D eigenvalue weighted by Crippen LogP contribution is 2.30. The second-order valence-corrected chi connectivity index (χ2v) is 8.57. The van der Waals surface area contributed by atoms with Gasteiger partial charge < -0.3 is 10.2 Å². The number of carbonyl (C=O) groups excluding carboxylic acids is 2. The smallest absolute Gasteiger partial charge is 0.343 e. The lowest BCUT2D eigenvalue weighted by Gasteiger charge is -2.38. The number of halogens is 3. The summed E-state index contributed by atoms with van der Waals surface area (Å²) in [6.45, 7) is 4.30. The molecule has 1 aromatic carbocycles. The summed E-state index contributed by atoms with van der Waals surface area (Å²) in [5.74, 6) is -0.868. The number of rotatable bonds is 7. The predicted octanol–water partition coefficient (Wildman–Crippen LogP) is 4.08. The van der Waals surface area contributed by atoms with Crippen LogP contribution in [0.15, 0.2) is 24.3 Å². The largest absolute Gasteiger partial charge is 0.416 e. The molecule has 2 amide bonds. The Morgan fingerprint density at radius 2 is 1.87 bits per heavy atom. The summed E-state index contributed by atoms with van der Waals surface area (Å²) >= 11 is 0. The van der Waals surface area contributed by atoms with Crippen LogP contribution in [0.25, 0.3) is 0 Å². The Labute approximate surface area is 182 Å². The topological polar surface area (TPSA) is 52.6 Å². The van der Waals surface area contributed by atoms with Gasteiger partial charge in [-0.1, -0.05) is 32.3 Å². The monoisotopic (exact) mass is 439 g/mol. The van der Waals surface area contributed by atoms with E-state index >= 15 is 0 Å². The Morgan fingerprint density at radius 1 is 1.13 bits per heavy atom. The first-order chi connectivity index (χ1) is 14.8. The Morgan fingerprint density at radius 3 is 2.55 bits per heavy atom. The molecule has 172 valence electrons. The van der Waals surface area contributed by atoms with Gasteiger partial charge >= 0.3 is 6.18 Å². The third kappa shape index (κ3) is 6.21. The first-order valence-electron chi connectivity index (χ1n) is 11.3. The highest BCUT2D eigenvalue weighted by molar-refractivity contribution is 5.96. The standard InChI is InChI=1S/C23H32F3N3O2/c1-2-12-29(19-9-4-3-5-10-19)20-11-13-28(16-20)21(30)15-27-22(31)17-7-6-8-18(14-17)23(24,25)26/h6-8,14,19-20H,2-5,9-13,15-16H2,1H3,(H,27,31). The zero-order valence-electron chi connectivity index (χ0n) is 18.1. The molecule has 5 nitrogen and oxygen atoms in total. The van der Waals surface area contributed by atoms with Crippen LogP contribution < -0.4 is 5.32 Å². The second kappa shape index (κ2) is 10.5. The maximum Gasteiger partial charge on any atom is 0.416 e. The van der Waals surface area contributed by atoms with E-state index in [0.29, 0.717) is 25.2 Å². The summed E-state index contributed by atoms with van der Waals surface area (Å²) < 4.78 is 38.5. The summed E-state index contributed by atoms with van der Waals surface area (Å²) in [5.41, 5.74) is -0.985. The van der Waals surface area contributed by atoms with Crippen molar-refractivity contribution >= 4 is 11.8 Å². The highest BCUT2D eigenvalue weighted by Gasteiger charge is 2.34. The fourth-order valence-electron chi connectivity index (χ4n) is 4.78. The number of carbonyl (C=O) groups is 2. The summed E-state index contributed by atoms with van der Waals surface area (Å²) in [4.78, 5) is 29.2. The number of likely N-dealkylation sites (tertiary alicyclic amines) is 1. The number of hydrogen-bond donors (Lipinski definition) is 1. The molecule has 8 heteroatoms. The van der Waals surface area contributed by atoms with Crippen molar-refractivity contribution in [2.24, 2.45) is 0 Å². The van der Waals surface area contributed by atoms with Gasteiger partial charge in [-0.3, -0.25) is 14.5 Å². The zero-order valence-corrected chi connectivity index (χ0v) is 18.1. The molecule has 1 aliphatic heterocycles. The number of benzene rings is 1. The van der Waals surface area contributed by atoms with E-state index in [9.17, 15) is 22.8 Å². The van der Waals surface area contributed by atoms with Crippen LogP contribution >= 0.6 is 0 Å². The maximum absolute atomic E-state index is 12.8. The molecule has 1 heterocycles. The summed E-state index contributed by atoms with van der Waals surface area (Å²) in [7, 11) is 0. The minimum Gasteiger partial charge on any atom is -0.343 e. The van der Waals surface area contributed by atoms with Gasteiger partial charge in [0.15, 0.2) is 0 Å². The van der Waals surface area contributed by atoms with Crippen molar-refractivity contribution in [2.45, 2.75) is 70.1 Å². The van der Waals surface area contributed by atoms with Crippen LogP contribution in [-0.4, -0.2) is 59.9 Å². The second-order valence-electron chi connectivity index (χ2n) is 8.57. The molecule has 1 saturated heterocycles. The van der Waals surface area contributed by atoms with Gasteiger partial charge in [-0.15, -0.1) is 0 Å². The van der Waals surface area contributed by atoms with E-state index in [1.54, 1.807) is 4.90 Å². The molecule has 0 radical (unpaired) electrons. The Balaban J connectivity index is 1.52. The lowest BCUT2D eigenvalue weighted by molar-refractivity contribution is -0.137. The maximum atomic E-state index is 12.8. The van der Waals surface area contributed by atoms with Crippen LogP contribution in [0.5, 0.6) is 0 Å². The van der Waals surface area contributed by atoms with Gasteiger partial charge in [0.1, 0.15) is 0 Å². The van der Waals surface area contributed by atoms with Crippen LogP contribution in [0.3, 0.4) is 0 Å². The molecular weight excluding hydrogens is 407 g/mol. The van der Waals surface area contributed by atoms with Crippen molar-refractivity contribution in [1.82, 2.24) is 15.1 Å². The molecule has 1 aromatic rings. The van der Waals surface area contributed by atoms with Crippen LogP contribution in [0.4, 0.5) is 13.2 Å². The van der Waals surface area contributed by atoms with Gasteiger partial charge in [0.2, 0.25) is 5.91 Å². The Kier molecular flexibility index (Phi) is 7.97. The van der Waals surface area contributed by atoms with Crippen molar-refractivity contribution in [1.29, 1.82) is 0 Å². The lowest BCUT2D eigenvalue weighted by atomic mass is 9.93. The third-order valence-corrected chi connectivity index (χ3v) is 6.36. The van der Waals surface area contributed by atoms with E-state index in [2.05, 4.69) is 17.1 Å². The minimum absolute atomic E-state index is 0.103. The van der Waals surface area contributed by atoms with Crippen LogP contribution in [0.2, 0.25) is 0 Å². The molecule has 0 spiro atoms. The average molecular weight is 440 g/mol. The first kappa shape index (κ1) is 23.6. The van der Waals surface area contributed by atoms with Gasteiger partial charge in [0.25, 0.3) is 5.91 Å². The molecule has 1 atom stereocenters. The Hall–Kier alpha value is -2.09. The van der Waals surface area contributed by atoms with E-state index in [1.165, 1.54) is 44.2 Å².